The number of hydrogen-bond donors (Lipinski definition) is 2. The Labute approximate surface area is 110 Å². The Hall–Kier alpha value is -2.12. The molecular formula is C12H14N6O. The van der Waals surface area contributed by atoms with Gasteiger partial charge in [-0.1, -0.05) is 0 Å². The fourth-order valence-electron chi connectivity index (χ4n) is 1.83. The Morgan fingerprint density at radius 2 is 2.16 bits per heavy atom. The molecular weight excluding hydrogens is 244 g/mol. The molecule has 2 aromatic heterocycles. The summed E-state index contributed by atoms with van der Waals surface area (Å²) < 4.78 is 5.65. The fraction of sp³-hybridized carbons (Fsp3) is 0.333. The molecule has 7 heteroatoms. The molecule has 0 saturated carbocycles. The van der Waals surface area contributed by atoms with Gasteiger partial charge >= 0.3 is 0 Å². The van der Waals surface area contributed by atoms with Crippen molar-refractivity contribution in [1.29, 1.82) is 0 Å². The van der Waals surface area contributed by atoms with Crippen LogP contribution in [-0.2, 0) is 4.74 Å². The Balaban J connectivity index is 1.76. The highest BCUT2D eigenvalue weighted by atomic mass is 16.5. The van der Waals surface area contributed by atoms with Gasteiger partial charge in [0, 0.05) is 25.5 Å². The molecule has 3 heterocycles. The monoisotopic (exact) mass is 258 g/mol. The van der Waals surface area contributed by atoms with Crippen LogP contribution in [-0.4, -0.2) is 39.6 Å². The average Bonchev–Trinajstić information content (AvgIpc) is 2.49. The first kappa shape index (κ1) is 11.9. The van der Waals surface area contributed by atoms with Gasteiger partial charge in [0.25, 0.3) is 0 Å². The van der Waals surface area contributed by atoms with Crippen LogP contribution in [0, 0.1) is 0 Å². The number of hydrogen-bond acceptors (Lipinski definition) is 7. The Bertz CT molecular complexity index is 529. The number of morpholine rings is 1. The van der Waals surface area contributed by atoms with Crippen LogP contribution in [0.4, 0.5) is 11.8 Å². The van der Waals surface area contributed by atoms with Gasteiger partial charge in [-0.15, -0.1) is 0 Å². The number of ether oxygens (including phenoxy) is 1. The first-order valence-corrected chi connectivity index (χ1v) is 6.10. The molecule has 3 rings (SSSR count). The number of nitrogens with zero attached hydrogens (tertiary/aromatic N) is 4. The van der Waals surface area contributed by atoms with Crippen molar-refractivity contribution < 1.29 is 4.74 Å². The van der Waals surface area contributed by atoms with Crippen LogP contribution in [0.2, 0.25) is 0 Å². The van der Waals surface area contributed by atoms with Crippen LogP contribution in [0.1, 0.15) is 11.8 Å². The molecule has 0 spiro atoms. The Morgan fingerprint density at radius 1 is 1.26 bits per heavy atom. The second-order valence-corrected chi connectivity index (χ2v) is 4.09. The van der Waals surface area contributed by atoms with E-state index in [1.807, 2.05) is 0 Å². The van der Waals surface area contributed by atoms with Crippen LogP contribution < -0.4 is 10.6 Å². The van der Waals surface area contributed by atoms with Crippen molar-refractivity contribution in [3.63, 3.8) is 0 Å². The molecule has 19 heavy (non-hydrogen) atoms. The van der Waals surface area contributed by atoms with Crippen LogP contribution in [0.25, 0.3) is 0 Å². The maximum absolute atomic E-state index is 5.65. The maximum atomic E-state index is 5.65. The molecule has 7 nitrogen and oxygen atoms in total. The molecule has 1 aliphatic heterocycles. The lowest BCUT2D eigenvalue weighted by molar-refractivity contribution is 0.0249. The predicted octanol–water partition coefficient (Wildman–Crippen LogP) is 0.671. The highest BCUT2D eigenvalue weighted by Gasteiger charge is 2.17. The van der Waals surface area contributed by atoms with Gasteiger partial charge in [0.1, 0.15) is 6.10 Å². The largest absolute Gasteiger partial charge is 0.369 e. The molecule has 0 amide bonds. The first-order chi connectivity index (χ1) is 9.42. The molecule has 1 fully saturated rings. The molecule has 98 valence electrons. The van der Waals surface area contributed by atoms with Gasteiger partial charge in [-0.25, -0.2) is 15.0 Å². The summed E-state index contributed by atoms with van der Waals surface area (Å²) in [5.74, 6) is 1.11. The summed E-state index contributed by atoms with van der Waals surface area (Å²) in [6.45, 7) is 2.31. The normalized spacial score (nSPS) is 19.1. The Morgan fingerprint density at radius 3 is 2.95 bits per heavy atom. The van der Waals surface area contributed by atoms with E-state index in [4.69, 9.17) is 4.74 Å². The van der Waals surface area contributed by atoms with Gasteiger partial charge in [-0.05, 0) is 6.07 Å². The minimum Gasteiger partial charge on any atom is -0.369 e. The third kappa shape index (κ3) is 3.01. The van der Waals surface area contributed by atoms with Crippen LogP contribution >= 0.6 is 0 Å². The highest BCUT2D eigenvalue weighted by Crippen LogP contribution is 2.17. The second-order valence-electron chi connectivity index (χ2n) is 4.09. The third-order valence-electron chi connectivity index (χ3n) is 2.72. The van der Waals surface area contributed by atoms with Gasteiger partial charge in [-0.3, -0.25) is 4.98 Å². The summed E-state index contributed by atoms with van der Waals surface area (Å²) in [7, 11) is 0. The number of nitrogens with one attached hydrogen (secondary N) is 2. The summed E-state index contributed by atoms with van der Waals surface area (Å²) in [4.78, 5) is 16.8. The van der Waals surface area contributed by atoms with Gasteiger partial charge in [0.15, 0.2) is 5.82 Å². The van der Waals surface area contributed by atoms with Crippen molar-refractivity contribution in [2.24, 2.45) is 0 Å². The minimum atomic E-state index is -0.0558. The average molecular weight is 258 g/mol. The zero-order valence-corrected chi connectivity index (χ0v) is 10.3. The van der Waals surface area contributed by atoms with E-state index in [0.29, 0.717) is 18.4 Å². The molecule has 0 aliphatic carbocycles. The fourth-order valence-corrected chi connectivity index (χ4v) is 1.83. The van der Waals surface area contributed by atoms with Gasteiger partial charge in [-0.2, -0.15) is 0 Å². The molecule has 0 aromatic carbocycles. The van der Waals surface area contributed by atoms with E-state index >= 15 is 0 Å². The highest BCUT2D eigenvalue weighted by molar-refractivity contribution is 5.45. The zero-order valence-electron chi connectivity index (χ0n) is 10.3. The third-order valence-corrected chi connectivity index (χ3v) is 2.72. The quantitative estimate of drug-likeness (QED) is 0.837. The smallest absolute Gasteiger partial charge is 0.228 e. The maximum Gasteiger partial charge on any atom is 0.228 e. The van der Waals surface area contributed by atoms with E-state index in [-0.39, 0.29) is 6.10 Å². The summed E-state index contributed by atoms with van der Waals surface area (Å²) in [5, 5.41) is 6.28. The molecule has 0 unspecified atom stereocenters. The molecule has 1 saturated heterocycles. The molecule has 2 N–H and O–H groups in total. The molecule has 0 bridgehead atoms. The topological polar surface area (TPSA) is 84.9 Å². The van der Waals surface area contributed by atoms with E-state index in [1.165, 1.54) is 0 Å². The molecule has 1 aliphatic rings. The van der Waals surface area contributed by atoms with E-state index in [0.717, 1.165) is 18.8 Å². The van der Waals surface area contributed by atoms with Crippen molar-refractivity contribution in [2.45, 2.75) is 6.10 Å². The minimum absolute atomic E-state index is 0.0558. The molecule has 2 aromatic rings. The summed E-state index contributed by atoms with van der Waals surface area (Å²) in [6.07, 6.45) is 6.63. The molecule has 0 radical (unpaired) electrons. The van der Waals surface area contributed by atoms with Gasteiger partial charge in [0.05, 0.1) is 24.7 Å². The van der Waals surface area contributed by atoms with Crippen molar-refractivity contribution in [3.05, 3.63) is 36.5 Å². The summed E-state index contributed by atoms with van der Waals surface area (Å²) in [6, 6.07) is 1.76. The lowest BCUT2D eigenvalue weighted by atomic mass is 10.2. The second kappa shape index (κ2) is 5.68. The van der Waals surface area contributed by atoms with E-state index < -0.39 is 0 Å². The summed E-state index contributed by atoms with van der Waals surface area (Å²) >= 11 is 0. The predicted molar refractivity (Wildman–Crippen MR) is 68.9 cm³/mol. The zero-order chi connectivity index (χ0) is 12.9. The van der Waals surface area contributed by atoms with Crippen LogP contribution in [0.5, 0.6) is 0 Å². The van der Waals surface area contributed by atoms with Gasteiger partial charge in [0.2, 0.25) is 5.95 Å². The van der Waals surface area contributed by atoms with Crippen molar-refractivity contribution >= 4 is 11.8 Å². The van der Waals surface area contributed by atoms with Crippen molar-refractivity contribution in [2.75, 3.05) is 25.0 Å². The van der Waals surface area contributed by atoms with E-state index in [9.17, 15) is 0 Å². The standard InChI is InChI=1S/C12H14N6O/c1-2-15-12(16-3-1)18-11-8-14-6-9(17-11)10-7-13-4-5-19-10/h1-3,6,8,10,13H,4-5,7H2,(H,15,16,17,18)/t10-/m1/s1. The lowest BCUT2D eigenvalue weighted by Gasteiger charge is -2.23. The number of rotatable bonds is 3. The number of anilines is 2. The lowest BCUT2D eigenvalue weighted by Crippen LogP contribution is -2.33. The van der Waals surface area contributed by atoms with E-state index in [2.05, 4.69) is 30.6 Å². The van der Waals surface area contributed by atoms with Crippen molar-refractivity contribution in [3.8, 4) is 0 Å². The summed E-state index contributed by atoms with van der Waals surface area (Å²) in [5.41, 5.74) is 0.799. The van der Waals surface area contributed by atoms with Crippen LogP contribution in [0.15, 0.2) is 30.9 Å². The van der Waals surface area contributed by atoms with Crippen LogP contribution in [0.3, 0.4) is 0 Å². The van der Waals surface area contributed by atoms with E-state index in [1.54, 1.807) is 30.9 Å². The Kier molecular flexibility index (Phi) is 3.57. The van der Waals surface area contributed by atoms with Crippen molar-refractivity contribution in [1.82, 2.24) is 25.3 Å². The molecule has 1 atom stereocenters. The first-order valence-electron chi connectivity index (χ1n) is 6.10. The van der Waals surface area contributed by atoms with Gasteiger partial charge < -0.3 is 15.4 Å². The number of aromatic nitrogens is 4. The SMILES string of the molecule is c1cnc(Nc2cncc([C@H]3CNCCO3)n2)nc1.